The Morgan fingerprint density at radius 2 is 2.19 bits per heavy atom. The molecule has 2 aromatic heterocycles. The molecule has 1 unspecified atom stereocenters. The number of benzene rings is 1. The fourth-order valence-electron chi connectivity index (χ4n) is 2.27. The van der Waals surface area contributed by atoms with Crippen LogP contribution in [0, 0.1) is 6.92 Å². The lowest BCUT2D eigenvalue weighted by atomic mass is 10.1. The number of hydrogen-bond acceptors (Lipinski definition) is 3. The number of aryl methyl sites for hydroxylation is 2. The van der Waals surface area contributed by atoms with E-state index in [2.05, 4.69) is 27.8 Å². The van der Waals surface area contributed by atoms with Crippen molar-refractivity contribution in [3.63, 3.8) is 0 Å². The Morgan fingerprint density at radius 3 is 2.81 bits per heavy atom. The largest absolute Gasteiger partial charge is 0.370 e. The number of imidazole rings is 1. The molecule has 0 bridgehead atoms. The zero-order chi connectivity index (χ0) is 14.8. The van der Waals surface area contributed by atoms with Crippen molar-refractivity contribution in [1.82, 2.24) is 9.55 Å². The van der Waals surface area contributed by atoms with Crippen LogP contribution >= 0.6 is 22.9 Å². The second kappa shape index (κ2) is 5.92. The van der Waals surface area contributed by atoms with Gasteiger partial charge in [0.15, 0.2) is 0 Å². The smallest absolute Gasteiger partial charge is 0.136 e. The highest BCUT2D eigenvalue weighted by molar-refractivity contribution is 7.10. The van der Waals surface area contributed by atoms with E-state index in [-0.39, 0.29) is 6.04 Å². The van der Waals surface area contributed by atoms with Crippen molar-refractivity contribution >= 4 is 28.6 Å². The van der Waals surface area contributed by atoms with Crippen molar-refractivity contribution in [1.29, 1.82) is 0 Å². The maximum Gasteiger partial charge on any atom is 0.136 e. The minimum atomic E-state index is -0.00907. The molecule has 1 atom stereocenters. The van der Waals surface area contributed by atoms with Gasteiger partial charge in [-0.05, 0) is 36.1 Å². The van der Waals surface area contributed by atoms with E-state index in [9.17, 15) is 0 Å². The van der Waals surface area contributed by atoms with Gasteiger partial charge in [-0.15, -0.1) is 11.3 Å². The van der Waals surface area contributed by atoms with E-state index in [1.54, 1.807) is 11.3 Å². The Hall–Kier alpha value is -1.78. The van der Waals surface area contributed by atoms with E-state index in [1.165, 1.54) is 4.88 Å². The van der Waals surface area contributed by atoms with Crippen LogP contribution in [0.2, 0.25) is 5.02 Å². The minimum Gasteiger partial charge on any atom is -0.370 e. The molecule has 5 heteroatoms. The molecule has 21 heavy (non-hydrogen) atoms. The number of hydrogen-bond donors (Lipinski definition) is 1. The van der Waals surface area contributed by atoms with Gasteiger partial charge in [-0.1, -0.05) is 23.7 Å². The van der Waals surface area contributed by atoms with Crippen molar-refractivity contribution < 1.29 is 0 Å². The second-order valence-corrected chi connectivity index (χ2v) is 6.36. The quantitative estimate of drug-likeness (QED) is 0.759. The number of thiophene rings is 1. The topological polar surface area (TPSA) is 29.9 Å². The molecule has 0 saturated carbocycles. The number of nitrogens with zero attached hydrogens (tertiary/aromatic N) is 2. The third kappa shape index (κ3) is 2.96. The van der Waals surface area contributed by atoms with Crippen LogP contribution in [0.15, 0.2) is 48.1 Å². The first-order valence-electron chi connectivity index (χ1n) is 6.68. The van der Waals surface area contributed by atoms with Crippen LogP contribution in [0.4, 0.5) is 5.69 Å². The van der Waals surface area contributed by atoms with E-state index < -0.39 is 0 Å². The molecule has 0 aliphatic heterocycles. The lowest BCUT2D eigenvalue weighted by Gasteiger charge is -2.19. The van der Waals surface area contributed by atoms with Gasteiger partial charge in [0.05, 0.1) is 10.7 Å². The summed E-state index contributed by atoms with van der Waals surface area (Å²) in [6, 6.07) is 10.2. The Bertz CT molecular complexity index is 734. The summed E-state index contributed by atoms with van der Waals surface area (Å²) in [6.45, 7) is 2.03. The third-order valence-corrected chi connectivity index (χ3v) is 4.62. The summed E-state index contributed by atoms with van der Waals surface area (Å²) in [5, 5.41) is 6.32. The van der Waals surface area contributed by atoms with Gasteiger partial charge in [-0.2, -0.15) is 0 Å². The fraction of sp³-hybridized carbons (Fsp3) is 0.188. The summed E-state index contributed by atoms with van der Waals surface area (Å²) in [6.07, 6.45) is 3.77. The van der Waals surface area contributed by atoms with Crippen molar-refractivity contribution in [3.05, 3.63) is 69.4 Å². The third-order valence-electron chi connectivity index (χ3n) is 3.37. The number of nitrogens with one attached hydrogen (secondary N) is 1. The van der Waals surface area contributed by atoms with Crippen molar-refractivity contribution in [2.24, 2.45) is 7.05 Å². The maximum absolute atomic E-state index is 6.35. The molecular weight excluding hydrogens is 302 g/mol. The standard InChI is InChI=1S/C16H16ClN3S/c1-11-5-6-13(12(17)10-11)19-15(14-4-3-9-21-14)16-18-7-8-20(16)2/h3-10,15,19H,1-2H3. The Labute approximate surface area is 133 Å². The number of anilines is 1. The molecule has 3 rings (SSSR count). The summed E-state index contributed by atoms with van der Waals surface area (Å²) in [4.78, 5) is 5.69. The van der Waals surface area contributed by atoms with Gasteiger partial charge >= 0.3 is 0 Å². The zero-order valence-corrected chi connectivity index (χ0v) is 13.4. The van der Waals surface area contributed by atoms with Crippen LogP contribution in [0.1, 0.15) is 22.3 Å². The first-order chi connectivity index (χ1) is 10.1. The van der Waals surface area contributed by atoms with Crippen LogP contribution in [0.25, 0.3) is 0 Å². The average Bonchev–Trinajstić information content (AvgIpc) is 3.10. The highest BCUT2D eigenvalue weighted by Crippen LogP contribution is 2.32. The molecule has 0 amide bonds. The number of aromatic nitrogens is 2. The Morgan fingerprint density at radius 1 is 1.33 bits per heavy atom. The molecule has 0 spiro atoms. The molecule has 2 heterocycles. The van der Waals surface area contributed by atoms with Gasteiger partial charge < -0.3 is 9.88 Å². The average molecular weight is 318 g/mol. The zero-order valence-electron chi connectivity index (χ0n) is 11.9. The second-order valence-electron chi connectivity index (χ2n) is 4.97. The van der Waals surface area contributed by atoms with Crippen LogP contribution < -0.4 is 5.32 Å². The predicted octanol–water partition coefficient (Wildman–Crippen LogP) is 4.64. The Balaban J connectivity index is 1.99. The molecule has 0 aliphatic rings. The summed E-state index contributed by atoms with van der Waals surface area (Å²) in [5.74, 6) is 0.967. The van der Waals surface area contributed by atoms with E-state index >= 15 is 0 Å². The predicted molar refractivity (Wildman–Crippen MR) is 89.2 cm³/mol. The van der Waals surface area contributed by atoms with Crippen molar-refractivity contribution in [3.8, 4) is 0 Å². The van der Waals surface area contributed by atoms with Crippen LogP contribution in [0.3, 0.4) is 0 Å². The van der Waals surface area contributed by atoms with Gasteiger partial charge in [0.25, 0.3) is 0 Å². The van der Waals surface area contributed by atoms with E-state index in [4.69, 9.17) is 11.6 Å². The van der Waals surface area contributed by atoms with Gasteiger partial charge in [0, 0.05) is 24.3 Å². The van der Waals surface area contributed by atoms with Gasteiger partial charge in [0.1, 0.15) is 11.9 Å². The van der Waals surface area contributed by atoms with Crippen LogP contribution in [-0.2, 0) is 7.05 Å². The molecule has 0 radical (unpaired) electrons. The van der Waals surface area contributed by atoms with Crippen molar-refractivity contribution in [2.45, 2.75) is 13.0 Å². The van der Waals surface area contributed by atoms with Gasteiger partial charge in [-0.3, -0.25) is 0 Å². The highest BCUT2D eigenvalue weighted by Gasteiger charge is 2.20. The van der Waals surface area contributed by atoms with E-state index in [0.717, 1.165) is 22.1 Å². The molecule has 0 fully saturated rings. The van der Waals surface area contributed by atoms with Crippen molar-refractivity contribution in [2.75, 3.05) is 5.32 Å². The summed E-state index contributed by atoms with van der Waals surface area (Å²) < 4.78 is 2.03. The molecule has 3 aromatic rings. The molecule has 0 aliphatic carbocycles. The number of halogens is 1. The molecule has 0 saturated heterocycles. The lowest BCUT2D eigenvalue weighted by Crippen LogP contribution is -2.15. The summed E-state index contributed by atoms with van der Waals surface area (Å²) in [5.41, 5.74) is 2.07. The van der Waals surface area contributed by atoms with Gasteiger partial charge in [0.2, 0.25) is 0 Å². The minimum absolute atomic E-state index is 0.00907. The monoisotopic (exact) mass is 317 g/mol. The molecule has 1 N–H and O–H groups in total. The van der Waals surface area contributed by atoms with Crippen LogP contribution in [-0.4, -0.2) is 9.55 Å². The SMILES string of the molecule is Cc1ccc(NC(c2cccs2)c2nccn2C)c(Cl)c1. The van der Waals surface area contributed by atoms with Crippen LogP contribution in [0.5, 0.6) is 0 Å². The maximum atomic E-state index is 6.35. The highest BCUT2D eigenvalue weighted by atomic mass is 35.5. The lowest BCUT2D eigenvalue weighted by molar-refractivity contribution is 0.756. The normalized spacial score (nSPS) is 12.3. The summed E-state index contributed by atoms with van der Waals surface area (Å²) >= 11 is 8.06. The summed E-state index contributed by atoms with van der Waals surface area (Å²) in [7, 11) is 2.00. The molecular formula is C16H16ClN3S. The number of rotatable bonds is 4. The van der Waals surface area contributed by atoms with E-state index in [0.29, 0.717) is 0 Å². The molecule has 108 valence electrons. The first kappa shape index (κ1) is 14.2. The van der Waals surface area contributed by atoms with Gasteiger partial charge in [-0.25, -0.2) is 4.98 Å². The Kier molecular flexibility index (Phi) is 3.99. The molecule has 3 nitrogen and oxygen atoms in total. The fourth-order valence-corrected chi connectivity index (χ4v) is 3.33. The first-order valence-corrected chi connectivity index (χ1v) is 7.94. The molecule has 1 aromatic carbocycles. The van der Waals surface area contributed by atoms with E-state index in [1.807, 2.05) is 49.1 Å².